The number of benzene rings is 1. The fourth-order valence-electron chi connectivity index (χ4n) is 3.28. The van der Waals surface area contributed by atoms with Crippen molar-refractivity contribution in [3.05, 3.63) is 29.3 Å². The van der Waals surface area contributed by atoms with Crippen molar-refractivity contribution in [2.45, 2.75) is 45.4 Å². The van der Waals surface area contributed by atoms with E-state index in [9.17, 15) is 14.7 Å². The van der Waals surface area contributed by atoms with Gasteiger partial charge in [0.1, 0.15) is 11.4 Å². The molecule has 1 unspecified atom stereocenters. The first-order chi connectivity index (χ1) is 10.3. The standard InChI is InChI=1S/C16H19N3O3/c1-9-5-4-6-11-13(9)14(21)19(10(2)17-11)16(3)8-7-12(20)18-15(16)22/h4-6,14,21H,7-8H2,1-3H3,(H,18,20,22)/t14?,16-/m0/s1. The summed E-state index contributed by atoms with van der Waals surface area (Å²) in [6, 6.07) is 5.64. The minimum absolute atomic E-state index is 0.249. The topological polar surface area (TPSA) is 82.0 Å². The largest absolute Gasteiger partial charge is 0.369 e. The van der Waals surface area contributed by atoms with Crippen molar-refractivity contribution in [2.75, 3.05) is 0 Å². The molecule has 1 aromatic rings. The third-order valence-corrected chi connectivity index (χ3v) is 4.55. The van der Waals surface area contributed by atoms with Crippen LogP contribution in [0.1, 0.15) is 44.0 Å². The molecule has 6 nitrogen and oxygen atoms in total. The Bertz CT molecular complexity index is 698. The second-order valence-corrected chi connectivity index (χ2v) is 6.06. The fraction of sp³-hybridized carbons (Fsp3) is 0.438. The Balaban J connectivity index is 2.08. The molecule has 116 valence electrons. The van der Waals surface area contributed by atoms with Crippen LogP contribution in [0, 0.1) is 6.92 Å². The third-order valence-electron chi connectivity index (χ3n) is 4.55. The molecule has 2 amide bonds. The molecule has 0 aliphatic carbocycles. The molecule has 3 rings (SSSR count). The Kier molecular flexibility index (Phi) is 3.29. The van der Waals surface area contributed by atoms with Gasteiger partial charge in [0.05, 0.1) is 5.69 Å². The predicted octanol–water partition coefficient (Wildman–Crippen LogP) is 1.55. The Morgan fingerprint density at radius 2 is 2.09 bits per heavy atom. The number of amidine groups is 1. The molecule has 0 saturated carbocycles. The molecule has 0 aromatic heterocycles. The SMILES string of the molecule is CC1=Nc2cccc(C)c2C(O)N1[C@@]1(C)CCC(=O)NC1=O. The Labute approximate surface area is 128 Å². The summed E-state index contributed by atoms with van der Waals surface area (Å²) in [7, 11) is 0. The number of carbonyl (C=O) groups is 2. The highest BCUT2D eigenvalue weighted by Crippen LogP contribution is 2.41. The van der Waals surface area contributed by atoms with E-state index >= 15 is 0 Å². The minimum atomic E-state index is -0.999. The smallest absolute Gasteiger partial charge is 0.252 e. The van der Waals surface area contributed by atoms with Crippen LogP contribution in [-0.2, 0) is 9.59 Å². The lowest BCUT2D eigenvalue weighted by Gasteiger charge is -2.47. The quantitative estimate of drug-likeness (QED) is 0.771. The summed E-state index contributed by atoms with van der Waals surface area (Å²) in [4.78, 5) is 29.9. The molecule has 1 saturated heterocycles. The van der Waals surface area contributed by atoms with Gasteiger partial charge in [0.2, 0.25) is 5.91 Å². The van der Waals surface area contributed by atoms with E-state index in [0.717, 1.165) is 11.3 Å². The van der Waals surface area contributed by atoms with E-state index < -0.39 is 17.7 Å². The first-order valence-electron chi connectivity index (χ1n) is 7.31. The molecular weight excluding hydrogens is 282 g/mol. The first kappa shape index (κ1) is 14.7. The molecule has 2 atom stereocenters. The van der Waals surface area contributed by atoms with Gasteiger partial charge in [-0.2, -0.15) is 0 Å². The summed E-state index contributed by atoms with van der Waals surface area (Å²) < 4.78 is 0. The number of imide groups is 1. The molecule has 22 heavy (non-hydrogen) atoms. The lowest BCUT2D eigenvalue weighted by atomic mass is 9.86. The molecule has 1 aromatic carbocycles. The maximum absolute atomic E-state index is 12.4. The second kappa shape index (κ2) is 4.91. The van der Waals surface area contributed by atoms with E-state index in [-0.39, 0.29) is 12.3 Å². The van der Waals surface area contributed by atoms with Gasteiger partial charge in [-0.1, -0.05) is 12.1 Å². The maximum atomic E-state index is 12.4. The van der Waals surface area contributed by atoms with Crippen molar-refractivity contribution in [1.29, 1.82) is 0 Å². The molecule has 0 bridgehead atoms. The molecule has 2 N–H and O–H groups in total. The van der Waals surface area contributed by atoms with Crippen LogP contribution in [0.25, 0.3) is 0 Å². The van der Waals surface area contributed by atoms with E-state index in [0.29, 0.717) is 17.8 Å². The highest BCUT2D eigenvalue weighted by atomic mass is 16.3. The van der Waals surface area contributed by atoms with Crippen LogP contribution in [0.4, 0.5) is 5.69 Å². The average molecular weight is 301 g/mol. The van der Waals surface area contributed by atoms with Crippen LogP contribution in [0.3, 0.4) is 0 Å². The normalized spacial score (nSPS) is 28.1. The summed E-state index contributed by atoms with van der Waals surface area (Å²) in [6.45, 7) is 5.41. The monoisotopic (exact) mass is 301 g/mol. The van der Waals surface area contributed by atoms with Crippen molar-refractivity contribution < 1.29 is 14.7 Å². The number of amides is 2. The Morgan fingerprint density at radius 3 is 2.77 bits per heavy atom. The molecule has 1 fully saturated rings. The summed E-state index contributed by atoms with van der Waals surface area (Å²) in [5.74, 6) is -0.105. The van der Waals surface area contributed by atoms with Crippen LogP contribution >= 0.6 is 0 Å². The number of aliphatic imine (C=N–C) groups is 1. The van der Waals surface area contributed by atoms with Gasteiger partial charge >= 0.3 is 0 Å². The second-order valence-electron chi connectivity index (χ2n) is 6.06. The number of hydrogen-bond donors (Lipinski definition) is 2. The number of hydrogen-bond acceptors (Lipinski definition) is 5. The lowest BCUT2D eigenvalue weighted by molar-refractivity contribution is -0.146. The van der Waals surface area contributed by atoms with Gasteiger partial charge in [0.25, 0.3) is 5.91 Å². The minimum Gasteiger partial charge on any atom is -0.369 e. The summed E-state index contributed by atoms with van der Waals surface area (Å²) in [5, 5.41) is 13.2. The number of fused-ring (bicyclic) bond motifs is 1. The number of aliphatic hydroxyl groups excluding tert-OH is 1. The maximum Gasteiger partial charge on any atom is 0.252 e. The van der Waals surface area contributed by atoms with Gasteiger partial charge in [0, 0.05) is 12.0 Å². The number of aliphatic hydroxyl groups is 1. The van der Waals surface area contributed by atoms with Gasteiger partial charge in [-0.05, 0) is 38.8 Å². The molecule has 2 aliphatic heterocycles. The number of rotatable bonds is 1. The van der Waals surface area contributed by atoms with Crippen molar-refractivity contribution >= 4 is 23.3 Å². The summed E-state index contributed by atoms with van der Waals surface area (Å²) in [5.41, 5.74) is 1.35. The highest BCUT2D eigenvalue weighted by molar-refractivity contribution is 6.04. The zero-order chi connectivity index (χ0) is 16.1. The number of nitrogens with one attached hydrogen (secondary N) is 1. The van der Waals surface area contributed by atoms with Gasteiger partial charge < -0.3 is 10.0 Å². The highest BCUT2D eigenvalue weighted by Gasteiger charge is 2.48. The van der Waals surface area contributed by atoms with Crippen molar-refractivity contribution in [2.24, 2.45) is 4.99 Å². The molecule has 2 aliphatic rings. The average Bonchev–Trinajstić information content (AvgIpc) is 2.43. The predicted molar refractivity (Wildman–Crippen MR) is 81.5 cm³/mol. The van der Waals surface area contributed by atoms with E-state index in [1.165, 1.54) is 0 Å². The van der Waals surface area contributed by atoms with Crippen molar-refractivity contribution in [3.63, 3.8) is 0 Å². The number of piperidine rings is 1. The summed E-state index contributed by atoms with van der Waals surface area (Å²) >= 11 is 0. The fourth-order valence-corrected chi connectivity index (χ4v) is 3.28. The number of nitrogens with zero attached hydrogens (tertiary/aromatic N) is 2. The zero-order valence-corrected chi connectivity index (χ0v) is 12.9. The number of carbonyl (C=O) groups excluding carboxylic acids is 2. The van der Waals surface area contributed by atoms with E-state index in [4.69, 9.17) is 0 Å². The van der Waals surface area contributed by atoms with E-state index in [1.807, 2.05) is 25.1 Å². The Morgan fingerprint density at radius 1 is 1.36 bits per heavy atom. The van der Waals surface area contributed by atoms with Crippen LogP contribution in [0.2, 0.25) is 0 Å². The van der Waals surface area contributed by atoms with E-state index in [2.05, 4.69) is 10.3 Å². The molecule has 0 spiro atoms. The van der Waals surface area contributed by atoms with Crippen LogP contribution in [0.15, 0.2) is 23.2 Å². The van der Waals surface area contributed by atoms with Crippen LogP contribution < -0.4 is 5.32 Å². The molecule has 6 heteroatoms. The molecular formula is C16H19N3O3. The molecule has 2 heterocycles. The number of aryl methyl sites for hydroxylation is 1. The first-order valence-corrected chi connectivity index (χ1v) is 7.31. The Hall–Kier alpha value is -2.21. The molecule has 0 radical (unpaired) electrons. The van der Waals surface area contributed by atoms with Gasteiger partial charge in [0.15, 0.2) is 6.23 Å². The lowest BCUT2D eigenvalue weighted by Crippen LogP contribution is -2.63. The van der Waals surface area contributed by atoms with Crippen molar-refractivity contribution in [1.82, 2.24) is 10.2 Å². The van der Waals surface area contributed by atoms with Gasteiger partial charge in [-0.3, -0.25) is 14.9 Å². The van der Waals surface area contributed by atoms with Crippen LogP contribution in [-0.4, -0.2) is 33.2 Å². The van der Waals surface area contributed by atoms with Crippen LogP contribution in [0.5, 0.6) is 0 Å². The van der Waals surface area contributed by atoms with Gasteiger partial charge in [-0.25, -0.2) is 4.99 Å². The van der Waals surface area contributed by atoms with Crippen molar-refractivity contribution in [3.8, 4) is 0 Å². The zero-order valence-electron chi connectivity index (χ0n) is 12.9. The van der Waals surface area contributed by atoms with E-state index in [1.54, 1.807) is 18.7 Å². The summed E-state index contributed by atoms with van der Waals surface area (Å²) in [6.07, 6.45) is -0.361. The van der Waals surface area contributed by atoms with Gasteiger partial charge in [-0.15, -0.1) is 0 Å². The third kappa shape index (κ3) is 2.02.